The summed E-state index contributed by atoms with van der Waals surface area (Å²) in [5.74, 6) is 0. The van der Waals surface area contributed by atoms with Crippen LogP contribution in [-0.4, -0.2) is 12.7 Å². The molecule has 1 nitrogen and oxygen atoms in total. The van der Waals surface area contributed by atoms with Crippen molar-refractivity contribution >= 4 is 0 Å². The first kappa shape index (κ1) is 11.0. The van der Waals surface area contributed by atoms with E-state index in [4.69, 9.17) is 4.74 Å². The average molecular weight is 158 g/mol. The minimum absolute atomic E-state index is 0.298. The molecule has 0 amide bonds. The average Bonchev–Trinajstić information content (AvgIpc) is 1.85. The first-order valence-electron chi connectivity index (χ1n) is 4.64. The van der Waals surface area contributed by atoms with E-state index in [0.717, 1.165) is 6.61 Å². The van der Waals surface area contributed by atoms with E-state index >= 15 is 0 Å². The summed E-state index contributed by atoms with van der Waals surface area (Å²) in [5.41, 5.74) is 0.298. The SMILES string of the molecule is CCCC(OCC)C(C)(C)C. The van der Waals surface area contributed by atoms with Crippen LogP contribution >= 0.6 is 0 Å². The smallest absolute Gasteiger partial charge is 0.0623 e. The van der Waals surface area contributed by atoms with E-state index in [1.165, 1.54) is 12.8 Å². The van der Waals surface area contributed by atoms with Gasteiger partial charge in [-0.15, -0.1) is 0 Å². The lowest BCUT2D eigenvalue weighted by atomic mass is 9.86. The van der Waals surface area contributed by atoms with Crippen LogP contribution in [0.5, 0.6) is 0 Å². The van der Waals surface area contributed by atoms with E-state index in [-0.39, 0.29) is 0 Å². The van der Waals surface area contributed by atoms with Crippen molar-refractivity contribution in [3.8, 4) is 0 Å². The van der Waals surface area contributed by atoms with E-state index in [1.54, 1.807) is 0 Å². The van der Waals surface area contributed by atoms with Crippen molar-refractivity contribution in [2.75, 3.05) is 6.61 Å². The van der Waals surface area contributed by atoms with Crippen LogP contribution in [0.15, 0.2) is 0 Å². The van der Waals surface area contributed by atoms with E-state index < -0.39 is 0 Å². The Bertz CT molecular complexity index is 85.5. The Balaban J connectivity index is 3.88. The van der Waals surface area contributed by atoms with E-state index in [9.17, 15) is 0 Å². The van der Waals surface area contributed by atoms with Crippen molar-refractivity contribution in [1.29, 1.82) is 0 Å². The molecule has 0 aliphatic rings. The van der Waals surface area contributed by atoms with Gasteiger partial charge in [-0.05, 0) is 18.8 Å². The number of rotatable bonds is 4. The van der Waals surface area contributed by atoms with Crippen LogP contribution in [0.1, 0.15) is 47.5 Å². The number of ether oxygens (including phenoxy) is 1. The van der Waals surface area contributed by atoms with Crippen molar-refractivity contribution in [3.63, 3.8) is 0 Å². The zero-order valence-electron chi connectivity index (χ0n) is 8.61. The summed E-state index contributed by atoms with van der Waals surface area (Å²) in [7, 11) is 0. The summed E-state index contributed by atoms with van der Waals surface area (Å²) >= 11 is 0. The first-order chi connectivity index (χ1) is 5.02. The molecule has 0 N–H and O–H groups in total. The maximum atomic E-state index is 5.65. The van der Waals surface area contributed by atoms with Gasteiger partial charge >= 0.3 is 0 Å². The Morgan fingerprint density at radius 2 is 1.73 bits per heavy atom. The molecule has 0 aliphatic heterocycles. The second-order valence-corrected chi connectivity index (χ2v) is 4.10. The highest BCUT2D eigenvalue weighted by atomic mass is 16.5. The number of hydrogen-bond donors (Lipinski definition) is 0. The Hall–Kier alpha value is -0.0400. The number of hydrogen-bond acceptors (Lipinski definition) is 1. The standard InChI is InChI=1S/C10H22O/c1-6-8-9(11-7-2)10(3,4)5/h9H,6-8H2,1-5H3. The highest BCUT2D eigenvalue weighted by Gasteiger charge is 2.23. The molecule has 0 rings (SSSR count). The minimum atomic E-state index is 0.298. The lowest BCUT2D eigenvalue weighted by Crippen LogP contribution is -2.29. The third-order valence-corrected chi connectivity index (χ3v) is 1.88. The van der Waals surface area contributed by atoms with E-state index in [0.29, 0.717) is 11.5 Å². The highest BCUT2D eigenvalue weighted by Crippen LogP contribution is 2.25. The summed E-state index contributed by atoms with van der Waals surface area (Å²) in [4.78, 5) is 0. The molecule has 0 fully saturated rings. The molecule has 1 atom stereocenters. The normalized spacial score (nSPS) is 15.0. The zero-order chi connectivity index (χ0) is 8.91. The Kier molecular flexibility index (Phi) is 4.74. The van der Waals surface area contributed by atoms with Gasteiger partial charge in [-0.25, -0.2) is 0 Å². The van der Waals surface area contributed by atoms with Crippen LogP contribution in [0.2, 0.25) is 0 Å². The van der Waals surface area contributed by atoms with Crippen molar-refractivity contribution in [2.24, 2.45) is 5.41 Å². The molecule has 0 saturated carbocycles. The molecule has 0 bridgehead atoms. The van der Waals surface area contributed by atoms with Gasteiger partial charge in [0.25, 0.3) is 0 Å². The molecule has 68 valence electrons. The Labute approximate surface area is 71.1 Å². The van der Waals surface area contributed by atoms with Crippen LogP contribution in [0.3, 0.4) is 0 Å². The van der Waals surface area contributed by atoms with E-state index in [1.807, 2.05) is 0 Å². The largest absolute Gasteiger partial charge is 0.378 e. The van der Waals surface area contributed by atoms with Gasteiger partial charge in [0, 0.05) is 6.61 Å². The molecule has 0 aromatic rings. The maximum absolute atomic E-state index is 5.65. The van der Waals surface area contributed by atoms with Crippen molar-refractivity contribution in [2.45, 2.75) is 53.6 Å². The molecule has 11 heavy (non-hydrogen) atoms. The van der Waals surface area contributed by atoms with E-state index in [2.05, 4.69) is 34.6 Å². The zero-order valence-corrected chi connectivity index (χ0v) is 8.61. The maximum Gasteiger partial charge on any atom is 0.0623 e. The molecule has 0 aromatic heterocycles. The van der Waals surface area contributed by atoms with Crippen LogP contribution in [0.25, 0.3) is 0 Å². The quantitative estimate of drug-likeness (QED) is 0.610. The fourth-order valence-corrected chi connectivity index (χ4v) is 1.23. The van der Waals surface area contributed by atoms with Gasteiger partial charge < -0.3 is 4.74 Å². The van der Waals surface area contributed by atoms with Crippen molar-refractivity contribution < 1.29 is 4.74 Å². The van der Waals surface area contributed by atoms with Gasteiger partial charge in [-0.3, -0.25) is 0 Å². The Morgan fingerprint density at radius 1 is 1.18 bits per heavy atom. The topological polar surface area (TPSA) is 9.23 Å². The minimum Gasteiger partial charge on any atom is -0.378 e. The molecule has 0 aromatic carbocycles. The van der Waals surface area contributed by atoms with Gasteiger partial charge in [0.05, 0.1) is 6.10 Å². The Morgan fingerprint density at radius 3 is 2.00 bits per heavy atom. The van der Waals surface area contributed by atoms with Gasteiger partial charge in [-0.2, -0.15) is 0 Å². The van der Waals surface area contributed by atoms with Crippen LogP contribution in [-0.2, 0) is 4.74 Å². The fourth-order valence-electron chi connectivity index (χ4n) is 1.23. The molecule has 1 unspecified atom stereocenters. The fraction of sp³-hybridized carbons (Fsp3) is 1.00. The molecule has 0 heterocycles. The van der Waals surface area contributed by atoms with Crippen LogP contribution in [0, 0.1) is 5.41 Å². The molecule has 0 spiro atoms. The lowest BCUT2D eigenvalue weighted by molar-refractivity contribution is -0.0167. The monoisotopic (exact) mass is 158 g/mol. The van der Waals surface area contributed by atoms with Gasteiger partial charge in [-0.1, -0.05) is 34.1 Å². The predicted molar refractivity (Wildman–Crippen MR) is 49.8 cm³/mol. The summed E-state index contributed by atoms with van der Waals surface area (Å²) < 4.78 is 5.65. The molecule has 0 saturated heterocycles. The van der Waals surface area contributed by atoms with Gasteiger partial charge in [0.2, 0.25) is 0 Å². The van der Waals surface area contributed by atoms with Crippen LogP contribution in [0.4, 0.5) is 0 Å². The second-order valence-electron chi connectivity index (χ2n) is 4.10. The molecular formula is C10H22O. The van der Waals surface area contributed by atoms with Crippen molar-refractivity contribution in [3.05, 3.63) is 0 Å². The van der Waals surface area contributed by atoms with Gasteiger partial charge in [0.15, 0.2) is 0 Å². The predicted octanol–water partition coefficient (Wildman–Crippen LogP) is 3.24. The highest BCUT2D eigenvalue weighted by molar-refractivity contribution is 4.73. The lowest BCUT2D eigenvalue weighted by Gasteiger charge is -2.30. The first-order valence-corrected chi connectivity index (χ1v) is 4.64. The molecule has 0 aliphatic carbocycles. The molecule has 0 radical (unpaired) electrons. The summed E-state index contributed by atoms with van der Waals surface area (Å²) in [6, 6.07) is 0. The molecular weight excluding hydrogens is 136 g/mol. The van der Waals surface area contributed by atoms with Crippen molar-refractivity contribution in [1.82, 2.24) is 0 Å². The third-order valence-electron chi connectivity index (χ3n) is 1.88. The third kappa shape index (κ3) is 4.41. The summed E-state index contributed by atoms with van der Waals surface area (Å²) in [5, 5.41) is 0. The van der Waals surface area contributed by atoms with Crippen LogP contribution < -0.4 is 0 Å². The summed E-state index contributed by atoms with van der Waals surface area (Å²) in [6.07, 6.45) is 2.82. The summed E-state index contributed by atoms with van der Waals surface area (Å²) in [6.45, 7) is 11.8. The molecule has 1 heteroatoms. The van der Waals surface area contributed by atoms with Gasteiger partial charge in [0.1, 0.15) is 0 Å². The second kappa shape index (κ2) is 4.76.